The molecule has 0 aliphatic rings. The first kappa shape index (κ1) is 14.1. The van der Waals surface area contributed by atoms with Crippen molar-refractivity contribution in [1.82, 2.24) is 0 Å². The number of halogens is 1. The van der Waals surface area contributed by atoms with E-state index in [4.69, 9.17) is 5.11 Å². The van der Waals surface area contributed by atoms with E-state index in [1.165, 1.54) is 9.75 Å². The van der Waals surface area contributed by atoms with Crippen molar-refractivity contribution in [2.24, 2.45) is 0 Å². The molecule has 0 fully saturated rings. The highest BCUT2D eigenvalue weighted by molar-refractivity contribution is 9.10. The third-order valence-corrected chi connectivity index (χ3v) is 4.62. The highest BCUT2D eigenvalue weighted by Crippen LogP contribution is 2.23. The molecule has 100 valence electrons. The number of carboxylic acids is 1. The van der Waals surface area contributed by atoms with Crippen molar-refractivity contribution in [2.45, 2.75) is 19.9 Å². The molecule has 0 saturated carbocycles. The van der Waals surface area contributed by atoms with Crippen molar-refractivity contribution in [3.8, 4) is 0 Å². The lowest BCUT2D eigenvalue weighted by atomic mass is 10.2. The van der Waals surface area contributed by atoms with Crippen LogP contribution in [-0.4, -0.2) is 11.1 Å². The molecule has 0 spiro atoms. The van der Waals surface area contributed by atoms with Crippen LogP contribution in [0.1, 0.15) is 27.0 Å². The highest BCUT2D eigenvalue weighted by atomic mass is 79.9. The van der Waals surface area contributed by atoms with Crippen LogP contribution >= 0.6 is 27.3 Å². The SMILES string of the molecule is CCc1ccc(CNc2ccc(C(=O)O)c(Br)c2)s1. The molecule has 1 aromatic carbocycles. The average Bonchev–Trinajstić information content (AvgIpc) is 2.84. The van der Waals surface area contributed by atoms with Gasteiger partial charge in [-0.2, -0.15) is 0 Å². The monoisotopic (exact) mass is 339 g/mol. The van der Waals surface area contributed by atoms with Gasteiger partial charge >= 0.3 is 5.97 Å². The van der Waals surface area contributed by atoms with E-state index >= 15 is 0 Å². The molecule has 3 nitrogen and oxygen atoms in total. The molecule has 0 aliphatic heterocycles. The molecular formula is C14H14BrNO2S. The molecule has 0 radical (unpaired) electrons. The van der Waals surface area contributed by atoms with Crippen LogP contribution in [0.25, 0.3) is 0 Å². The lowest BCUT2D eigenvalue weighted by molar-refractivity contribution is 0.0696. The second-order valence-electron chi connectivity index (χ2n) is 4.07. The maximum atomic E-state index is 10.9. The standard InChI is InChI=1S/C14H14BrNO2S/c1-2-10-4-5-11(19-10)8-16-9-3-6-12(14(17)18)13(15)7-9/h3-7,16H,2,8H2,1H3,(H,17,18). The van der Waals surface area contributed by atoms with Crippen LogP contribution in [-0.2, 0) is 13.0 Å². The third kappa shape index (κ3) is 3.58. The number of nitrogens with one attached hydrogen (secondary N) is 1. The maximum Gasteiger partial charge on any atom is 0.336 e. The van der Waals surface area contributed by atoms with Crippen molar-refractivity contribution >= 4 is 38.9 Å². The van der Waals surface area contributed by atoms with E-state index in [1.54, 1.807) is 29.5 Å². The summed E-state index contributed by atoms with van der Waals surface area (Å²) in [5, 5.41) is 12.2. The van der Waals surface area contributed by atoms with Crippen LogP contribution in [0, 0.1) is 0 Å². The normalized spacial score (nSPS) is 10.4. The van der Waals surface area contributed by atoms with Crippen molar-refractivity contribution in [2.75, 3.05) is 5.32 Å². The van der Waals surface area contributed by atoms with E-state index in [-0.39, 0.29) is 5.56 Å². The number of hydrogen-bond acceptors (Lipinski definition) is 3. The molecule has 0 unspecified atom stereocenters. The molecule has 0 bridgehead atoms. The fourth-order valence-corrected chi connectivity index (χ4v) is 3.14. The Balaban J connectivity index is 2.03. The van der Waals surface area contributed by atoms with Gasteiger partial charge in [0.15, 0.2) is 0 Å². The molecule has 0 amide bonds. The Labute approximate surface area is 124 Å². The van der Waals surface area contributed by atoms with Crippen molar-refractivity contribution in [1.29, 1.82) is 0 Å². The van der Waals surface area contributed by atoms with Crippen molar-refractivity contribution in [3.05, 3.63) is 50.1 Å². The van der Waals surface area contributed by atoms with Gasteiger partial charge in [-0.15, -0.1) is 11.3 Å². The highest BCUT2D eigenvalue weighted by Gasteiger charge is 2.08. The number of rotatable bonds is 5. The molecule has 0 atom stereocenters. The first-order chi connectivity index (χ1) is 9.10. The number of carboxylic acid groups (broad SMARTS) is 1. The second-order valence-corrected chi connectivity index (χ2v) is 6.18. The van der Waals surface area contributed by atoms with Gasteiger partial charge in [0.25, 0.3) is 0 Å². The molecule has 0 aliphatic carbocycles. The Morgan fingerprint density at radius 1 is 1.32 bits per heavy atom. The van der Waals surface area contributed by atoms with Gasteiger partial charge in [-0.3, -0.25) is 0 Å². The Kier molecular flexibility index (Phi) is 4.61. The zero-order valence-electron chi connectivity index (χ0n) is 10.4. The van der Waals surface area contributed by atoms with E-state index < -0.39 is 5.97 Å². The first-order valence-corrected chi connectivity index (χ1v) is 7.55. The quantitative estimate of drug-likeness (QED) is 0.849. The number of aryl methyl sites for hydroxylation is 1. The minimum absolute atomic E-state index is 0.273. The molecular weight excluding hydrogens is 326 g/mol. The molecule has 5 heteroatoms. The Hall–Kier alpha value is -1.33. The van der Waals surface area contributed by atoms with Crippen LogP contribution in [0.2, 0.25) is 0 Å². The number of benzene rings is 1. The first-order valence-electron chi connectivity index (χ1n) is 5.94. The van der Waals surface area contributed by atoms with Crippen LogP contribution in [0.4, 0.5) is 5.69 Å². The van der Waals surface area contributed by atoms with Crippen LogP contribution < -0.4 is 5.32 Å². The van der Waals surface area contributed by atoms with Gasteiger partial charge in [-0.05, 0) is 52.7 Å². The summed E-state index contributed by atoms with van der Waals surface area (Å²) in [6.45, 7) is 2.90. The summed E-state index contributed by atoms with van der Waals surface area (Å²) < 4.78 is 0.588. The summed E-state index contributed by atoms with van der Waals surface area (Å²) in [5.41, 5.74) is 1.18. The summed E-state index contributed by atoms with van der Waals surface area (Å²) >= 11 is 5.07. The molecule has 1 aromatic heterocycles. The second kappa shape index (κ2) is 6.21. The van der Waals surface area contributed by atoms with Crippen LogP contribution in [0.3, 0.4) is 0 Å². The fraction of sp³-hybridized carbons (Fsp3) is 0.214. The van der Waals surface area contributed by atoms with Gasteiger partial charge in [0, 0.05) is 26.5 Å². The fourth-order valence-electron chi connectivity index (χ4n) is 1.70. The van der Waals surface area contributed by atoms with Gasteiger partial charge in [0.1, 0.15) is 0 Å². The largest absolute Gasteiger partial charge is 0.478 e. The number of anilines is 1. The van der Waals surface area contributed by atoms with Crippen LogP contribution in [0.15, 0.2) is 34.8 Å². The van der Waals surface area contributed by atoms with Gasteiger partial charge < -0.3 is 10.4 Å². The third-order valence-electron chi connectivity index (χ3n) is 2.73. The van der Waals surface area contributed by atoms with Gasteiger partial charge in [0.2, 0.25) is 0 Å². The minimum Gasteiger partial charge on any atom is -0.478 e. The number of thiophene rings is 1. The van der Waals surface area contributed by atoms with Gasteiger partial charge in [-0.1, -0.05) is 6.92 Å². The van der Waals surface area contributed by atoms with Crippen LogP contribution in [0.5, 0.6) is 0 Å². The number of aromatic carboxylic acids is 1. The van der Waals surface area contributed by atoms with E-state index in [1.807, 2.05) is 0 Å². The minimum atomic E-state index is -0.927. The predicted octanol–water partition coefficient (Wildman–Crippen LogP) is 4.38. The van der Waals surface area contributed by atoms with E-state index in [2.05, 4.69) is 40.3 Å². The summed E-state index contributed by atoms with van der Waals surface area (Å²) in [4.78, 5) is 13.5. The molecule has 2 rings (SSSR count). The summed E-state index contributed by atoms with van der Waals surface area (Å²) in [7, 11) is 0. The molecule has 1 heterocycles. The smallest absolute Gasteiger partial charge is 0.336 e. The summed E-state index contributed by atoms with van der Waals surface area (Å²) in [6, 6.07) is 9.43. The summed E-state index contributed by atoms with van der Waals surface area (Å²) in [6.07, 6.45) is 1.06. The van der Waals surface area contributed by atoms with Crippen molar-refractivity contribution in [3.63, 3.8) is 0 Å². The summed E-state index contributed by atoms with van der Waals surface area (Å²) in [5.74, 6) is -0.927. The van der Waals surface area contributed by atoms with Crippen molar-refractivity contribution < 1.29 is 9.90 Å². The Morgan fingerprint density at radius 3 is 2.63 bits per heavy atom. The maximum absolute atomic E-state index is 10.9. The molecule has 2 N–H and O–H groups in total. The number of hydrogen-bond donors (Lipinski definition) is 2. The molecule has 19 heavy (non-hydrogen) atoms. The number of carbonyl (C=O) groups is 1. The molecule has 2 aromatic rings. The Bertz CT molecular complexity index is 595. The lowest BCUT2D eigenvalue weighted by Gasteiger charge is -2.07. The topological polar surface area (TPSA) is 49.3 Å². The zero-order chi connectivity index (χ0) is 13.8. The van der Waals surface area contributed by atoms with Gasteiger partial charge in [0.05, 0.1) is 5.56 Å². The molecule has 0 saturated heterocycles. The van der Waals surface area contributed by atoms with E-state index in [0.29, 0.717) is 4.47 Å². The lowest BCUT2D eigenvalue weighted by Crippen LogP contribution is -2.01. The van der Waals surface area contributed by atoms with Gasteiger partial charge in [-0.25, -0.2) is 4.79 Å². The zero-order valence-corrected chi connectivity index (χ0v) is 12.8. The van der Waals surface area contributed by atoms with E-state index in [9.17, 15) is 4.79 Å². The average molecular weight is 340 g/mol. The Morgan fingerprint density at radius 2 is 2.05 bits per heavy atom. The predicted molar refractivity (Wildman–Crippen MR) is 82.1 cm³/mol. The van der Waals surface area contributed by atoms with E-state index in [0.717, 1.165) is 18.7 Å².